The van der Waals surface area contributed by atoms with E-state index in [1.807, 2.05) is 12.1 Å². The molecule has 0 saturated carbocycles. The fourth-order valence-electron chi connectivity index (χ4n) is 2.54. The molecule has 0 spiro atoms. The van der Waals surface area contributed by atoms with Gasteiger partial charge in [0.25, 0.3) is 0 Å². The van der Waals surface area contributed by atoms with Crippen LogP contribution < -0.4 is 5.32 Å². The first-order valence-corrected chi connectivity index (χ1v) is 6.85. The highest BCUT2D eigenvalue weighted by Crippen LogP contribution is 2.34. The summed E-state index contributed by atoms with van der Waals surface area (Å²) in [4.78, 5) is 34.1. The van der Waals surface area contributed by atoms with Gasteiger partial charge >= 0.3 is 0 Å². The Morgan fingerprint density at radius 2 is 2.00 bits per heavy atom. The number of nitrogens with one attached hydrogen (secondary N) is 1. The van der Waals surface area contributed by atoms with Crippen LogP contribution in [0, 0.1) is 0 Å². The Bertz CT molecular complexity index is 601. The Morgan fingerprint density at radius 1 is 1.33 bits per heavy atom. The summed E-state index contributed by atoms with van der Waals surface area (Å²) in [5, 5.41) is 12.5. The predicted molar refractivity (Wildman–Crippen MR) is 78.1 cm³/mol. The van der Waals surface area contributed by atoms with Crippen LogP contribution in [0.5, 0.6) is 0 Å². The monoisotopic (exact) mass is 287 g/mol. The van der Waals surface area contributed by atoms with Crippen LogP contribution in [0.1, 0.15) is 37.7 Å². The summed E-state index contributed by atoms with van der Waals surface area (Å²) in [7, 11) is 0. The van der Waals surface area contributed by atoms with Gasteiger partial charge in [-0.2, -0.15) is 0 Å². The minimum atomic E-state index is -0.304. The average Bonchev–Trinajstić information content (AvgIpc) is 2.47. The van der Waals surface area contributed by atoms with Crippen LogP contribution in [0.2, 0.25) is 0 Å². The molecule has 5 nitrogen and oxygen atoms in total. The van der Waals surface area contributed by atoms with Crippen LogP contribution in [0.25, 0.3) is 0 Å². The fourth-order valence-corrected chi connectivity index (χ4v) is 2.54. The third-order valence-corrected chi connectivity index (χ3v) is 3.65. The van der Waals surface area contributed by atoms with E-state index >= 15 is 0 Å². The van der Waals surface area contributed by atoms with E-state index in [2.05, 4.69) is 5.32 Å². The molecule has 0 radical (unpaired) electrons. The number of aliphatic hydroxyl groups is 1. The van der Waals surface area contributed by atoms with Crippen molar-refractivity contribution in [2.75, 3.05) is 5.32 Å². The van der Waals surface area contributed by atoms with Crippen molar-refractivity contribution in [1.82, 2.24) is 0 Å². The number of anilines is 1. The van der Waals surface area contributed by atoms with Gasteiger partial charge in [0.15, 0.2) is 11.6 Å². The van der Waals surface area contributed by atoms with Crippen LogP contribution in [0.15, 0.2) is 35.6 Å². The minimum Gasteiger partial charge on any atom is -0.511 e. The van der Waals surface area contributed by atoms with E-state index in [9.17, 15) is 19.5 Å². The summed E-state index contributed by atoms with van der Waals surface area (Å²) >= 11 is 0. The molecule has 2 N–H and O–H groups in total. The van der Waals surface area contributed by atoms with E-state index in [0.717, 1.165) is 5.56 Å². The number of hydrogen-bond donors (Lipinski definition) is 2. The van der Waals surface area contributed by atoms with E-state index in [1.165, 1.54) is 0 Å². The molecule has 1 aliphatic rings. The maximum atomic E-state index is 12.1. The van der Waals surface area contributed by atoms with Gasteiger partial charge in [-0.05, 0) is 23.6 Å². The number of hydrogen-bond acceptors (Lipinski definition) is 4. The molecular formula is C16H17NO4. The molecule has 1 aromatic carbocycles. The molecule has 0 heterocycles. The zero-order chi connectivity index (χ0) is 15.4. The van der Waals surface area contributed by atoms with E-state index in [4.69, 9.17) is 0 Å². The minimum absolute atomic E-state index is 0.0343. The van der Waals surface area contributed by atoms with Crippen molar-refractivity contribution in [3.05, 3.63) is 41.2 Å². The Balaban J connectivity index is 2.21. The number of benzene rings is 1. The second-order valence-corrected chi connectivity index (χ2v) is 5.01. The second kappa shape index (κ2) is 6.35. The molecule has 5 heteroatoms. The van der Waals surface area contributed by atoms with E-state index in [0.29, 0.717) is 12.1 Å². The molecule has 1 aromatic rings. The third kappa shape index (κ3) is 3.18. The molecule has 110 valence electrons. The first kappa shape index (κ1) is 15.0. The van der Waals surface area contributed by atoms with Gasteiger partial charge in [0.05, 0.1) is 5.57 Å². The molecule has 1 atom stereocenters. The summed E-state index contributed by atoms with van der Waals surface area (Å²) in [6.45, 7) is 1.67. The summed E-state index contributed by atoms with van der Waals surface area (Å²) < 4.78 is 0. The number of amides is 1. The number of carbonyl (C=O) groups is 3. The van der Waals surface area contributed by atoms with Crippen molar-refractivity contribution in [3.8, 4) is 0 Å². The standard InChI is InChI=1S/C16H17NO4/c1-2-13(19)16-14(20)7-11(8-15(16)21)10-3-5-12(6-4-10)17-9-18/h3-6,9,11,20H,2,7-8H2,1H3,(H,17,18). The summed E-state index contributed by atoms with van der Waals surface area (Å²) in [5.74, 6) is -0.860. The Hall–Kier alpha value is -2.43. The van der Waals surface area contributed by atoms with Crippen molar-refractivity contribution in [2.24, 2.45) is 0 Å². The van der Waals surface area contributed by atoms with E-state index < -0.39 is 0 Å². The number of aliphatic hydroxyl groups excluding tert-OH is 1. The predicted octanol–water partition coefficient (Wildman–Crippen LogP) is 2.49. The average molecular weight is 287 g/mol. The Labute approximate surface area is 122 Å². The highest BCUT2D eigenvalue weighted by Gasteiger charge is 2.31. The number of allylic oxidation sites excluding steroid dienone is 2. The number of carbonyl (C=O) groups excluding carboxylic acids is 3. The van der Waals surface area contributed by atoms with Crippen LogP contribution in [0.3, 0.4) is 0 Å². The molecule has 0 aliphatic heterocycles. The Morgan fingerprint density at radius 3 is 2.52 bits per heavy atom. The zero-order valence-electron chi connectivity index (χ0n) is 11.8. The lowest BCUT2D eigenvalue weighted by molar-refractivity contribution is -0.122. The number of ketones is 2. The molecule has 0 saturated heterocycles. The molecule has 0 bridgehead atoms. The van der Waals surface area contributed by atoms with Crippen LogP contribution in [-0.2, 0) is 14.4 Å². The number of Topliss-reactive ketones (excluding diaryl/α,β-unsaturated/α-hetero) is 2. The van der Waals surface area contributed by atoms with Crippen LogP contribution in [-0.4, -0.2) is 23.1 Å². The lowest BCUT2D eigenvalue weighted by atomic mass is 9.81. The van der Waals surface area contributed by atoms with Gasteiger partial charge in [0.2, 0.25) is 6.41 Å². The smallest absolute Gasteiger partial charge is 0.211 e. The molecule has 0 aromatic heterocycles. The van der Waals surface area contributed by atoms with Gasteiger partial charge in [0.1, 0.15) is 5.76 Å². The maximum absolute atomic E-state index is 12.1. The summed E-state index contributed by atoms with van der Waals surface area (Å²) in [5.41, 5.74) is 1.53. The highest BCUT2D eigenvalue weighted by atomic mass is 16.3. The van der Waals surface area contributed by atoms with Crippen molar-refractivity contribution >= 4 is 23.7 Å². The fraction of sp³-hybridized carbons (Fsp3) is 0.312. The van der Waals surface area contributed by atoms with Gasteiger partial charge < -0.3 is 10.4 Å². The van der Waals surface area contributed by atoms with Crippen LogP contribution in [0.4, 0.5) is 5.69 Å². The van der Waals surface area contributed by atoms with Gasteiger partial charge in [-0.1, -0.05) is 19.1 Å². The van der Waals surface area contributed by atoms with Crippen molar-refractivity contribution in [1.29, 1.82) is 0 Å². The lowest BCUT2D eigenvalue weighted by Crippen LogP contribution is -2.23. The molecule has 0 fully saturated rings. The second-order valence-electron chi connectivity index (χ2n) is 5.01. The van der Waals surface area contributed by atoms with Gasteiger partial charge in [-0.3, -0.25) is 14.4 Å². The topological polar surface area (TPSA) is 83.5 Å². The summed E-state index contributed by atoms with van der Waals surface area (Å²) in [6, 6.07) is 7.09. The SMILES string of the molecule is CCC(=O)C1=C(O)CC(c2ccc(NC=O)cc2)CC1=O. The van der Waals surface area contributed by atoms with Crippen molar-refractivity contribution in [2.45, 2.75) is 32.1 Å². The normalized spacial score (nSPS) is 18.5. The molecule has 21 heavy (non-hydrogen) atoms. The van der Waals surface area contributed by atoms with Crippen LogP contribution >= 0.6 is 0 Å². The van der Waals surface area contributed by atoms with Crippen molar-refractivity contribution < 1.29 is 19.5 Å². The molecule has 1 amide bonds. The Kier molecular flexibility index (Phi) is 4.52. The highest BCUT2D eigenvalue weighted by molar-refractivity contribution is 6.21. The number of rotatable bonds is 5. The van der Waals surface area contributed by atoms with Gasteiger partial charge in [0, 0.05) is 24.9 Å². The maximum Gasteiger partial charge on any atom is 0.211 e. The lowest BCUT2D eigenvalue weighted by Gasteiger charge is -2.23. The van der Waals surface area contributed by atoms with Crippen molar-refractivity contribution in [3.63, 3.8) is 0 Å². The largest absolute Gasteiger partial charge is 0.511 e. The summed E-state index contributed by atoms with van der Waals surface area (Å²) in [6.07, 6.45) is 1.30. The third-order valence-electron chi connectivity index (χ3n) is 3.65. The first-order valence-electron chi connectivity index (χ1n) is 6.85. The quantitative estimate of drug-likeness (QED) is 0.643. The van der Waals surface area contributed by atoms with E-state index in [1.54, 1.807) is 19.1 Å². The molecule has 1 aliphatic carbocycles. The zero-order valence-corrected chi connectivity index (χ0v) is 11.8. The van der Waals surface area contributed by atoms with Gasteiger partial charge in [-0.25, -0.2) is 0 Å². The molecule has 2 rings (SSSR count). The molecule has 1 unspecified atom stereocenters. The van der Waals surface area contributed by atoms with E-state index in [-0.39, 0.29) is 48.1 Å². The van der Waals surface area contributed by atoms with Gasteiger partial charge in [-0.15, -0.1) is 0 Å². The molecular weight excluding hydrogens is 270 g/mol. The first-order chi connectivity index (χ1) is 10.1.